The van der Waals surface area contributed by atoms with Gasteiger partial charge in [-0.25, -0.2) is 4.57 Å². The van der Waals surface area contributed by atoms with Crippen LogP contribution in [0.15, 0.2) is 54.9 Å². The van der Waals surface area contributed by atoms with Crippen molar-refractivity contribution in [3.05, 3.63) is 60.4 Å². The topological polar surface area (TPSA) is 90.7 Å². The fourth-order valence-electron chi connectivity index (χ4n) is 2.98. The van der Waals surface area contributed by atoms with Crippen LogP contribution < -0.4 is 14.8 Å². The molecule has 0 radical (unpaired) electrons. The molecule has 1 amide bonds. The number of nitrogens with zero attached hydrogens (tertiary/aromatic N) is 5. The fourth-order valence-corrected chi connectivity index (χ4v) is 2.98. The number of H-pyrrole nitrogens is 1. The van der Waals surface area contributed by atoms with E-state index in [4.69, 9.17) is 0 Å². The molecule has 25 heavy (non-hydrogen) atoms. The number of amides is 1. The lowest BCUT2D eigenvalue weighted by atomic mass is 9.97. The standard InChI is InChI=1S/C17H17N7O/c1-12-15(16(25)24(12)17-19-21-22-20-17)18-14-7-9-23(10-8-14)11-13-5-3-2-4-6-13/h2-10,12,15H,11H2,1H3,(H,19,20,21,22)/p+1/t12-,15-/m0/s1. The maximum Gasteiger partial charge on any atom is 0.272 e. The SMILES string of the molecule is C[C@H]1[C@H](Nc2cc[n+](Cc3ccccc3)cc2)C(=O)N1c1nn[nH]n1. The van der Waals surface area contributed by atoms with Gasteiger partial charge in [-0.2, -0.15) is 5.21 Å². The predicted octanol–water partition coefficient (Wildman–Crippen LogP) is 0.751. The van der Waals surface area contributed by atoms with Crippen LogP contribution in [0, 0.1) is 0 Å². The van der Waals surface area contributed by atoms with Gasteiger partial charge >= 0.3 is 0 Å². The molecule has 8 heteroatoms. The van der Waals surface area contributed by atoms with E-state index >= 15 is 0 Å². The Morgan fingerprint density at radius 1 is 1.20 bits per heavy atom. The van der Waals surface area contributed by atoms with Crippen LogP contribution in [0.5, 0.6) is 0 Å². The van der Waals surface area contributed by atoms with Crippen molar-refractivity contribution in [3.63, 3.8) is 0 Å². The lowest BCUT2D eigenvalue weighted by Gasteiger charge is -2.43. The van der Waals surface area contributed by atoms with E-state index in [9.17, 15) is 4.79 Å². The summed E-state index contributed by atoms with van der Waals surface area (Å²) in [7, 11) is 0. The first-order chi connectivity index (χ1) is 12.2. The molecule has 2 atom stereocenters. The van der Waals surface area contributed by atoms with Crippen LogP contribution in [0.2, 0.25) is 0 Å². The number of β-lactam (4-membered cyclic amide) rings is 1. The first-order valence-electron chi connectivity index (χ1n) is 8.08. The zero-order valence-corrected chi connectivity index (χ0v) is 13.7. The third kappa shape index (κ3) is 2.93. The molecule has 1 aromatic carbocycles. The van der Waals surface area contributed by atoms with Gasteiger partial charge in [0.1, 0.15) is 6.04 Å². The normalized spacial score (nSPS) is 19.6. The van der Waals surface area contributed by atoms with Crippen molar-refractivity contribution in [2.75, 3.05) is 10.2 Å². The highest BCUT2D eigenvalue weighted by Gasteiger charge is 2.47. The quantitative estimate of drug-likeness (QED) is 0.530. The van der Waals surface area contributed by atoms with Gasteiger partial charge < -0.3 is 5.32 Å². The lowest BCUT2D eigenvalue weighted by Crippen LogP contribution is -2.67. The first-order valence-corrected chi connectivity index (χ1v) is 8.08. The molecular formula is C17H18N7O+. The summed E-state index contributed by atoms with van der Waals surface area (Å²) in [5, 5.41) is 16.8. The van der Waals surface area contributed by atoms with E-state index in [0.717, 1.165) is 12.2 Å². The summed E-state index contributed by atoms with van der Waals surface area (Å²) in [6.07, 6.45) is 4.00. The second kappa shape index (κ2) is 6.31. The second-order valence-electron chi connectivity index (χ2n) is 6.03. The number of hydrogen-bond donors (Lipinski definition) is 2. The van der Waals surface area contributed by atoms with Gasteiger partial charge in [0.25, 0.3) is 11.9 Å². The van der Waals surface area contributed by atoms with E-state index in [1.54, 1.807) is 0 Å². The highest BCUT2D eigenvalue weighted by atomic mass is 16.2. The number of nitrogens with one attached hydrogen (secondary N) is 2. The van der Waals surface area contributed by atoms with E-state index in [0.29, 0.717) is 5.95 Å². The van der Waals surface area contributed by atoms with Crippen molar-refractivity contribution in [1.29, 1.82) is 0 Å². The molecule has 0 saturated carbocycles. The number of aromatic amines is 1. The monoisotopic (exact) mass is 336 g/mol. The molecule has 1 aliphatic heterocycles. The van der Waals surface area contributed by atoms with E-state index in [-0.39, 0.29) is 18.0 Å². The van der Waals surface area contributed by atoms with Crippen molar-refractivity contribution in [3.8, 4) is 0 Å². The molecule has 2 N–H and O–H groups in total. The van der Waals surface area contributed by atoms with Crippen LogP contribution >= 0.6 is 0 Å². The summed E-state index contributed by atoms with van der Waals surface area (Å²) in [5.74, 6) is 0.249. The summed E-state index contributed by atoms with van der Waals surface area (Å²) in [4.78, 5) is 13.8. The van der Waals surface area contributed by atoms with Gasteiger partial charge in [-0.3, -0.25) is 9.69 Å². The number of pyridine rings is 1. The third-order valence-electron chi connectivity index (χ3n) is 4.36. The van der Waals surface area contributed by atoms with Crippen LogP contribution in [0.4, 0.5) is 11.6 Å². The molecule has 1 fully saturated rings. The maximum atomic E-state index is 12.3. The molecule has 8 nitrogen and oxygen atoms in total. The number of hydrogen-bond acceptors (Lipinski definition) is 5. The van der Waals surface area contributed by atoms with Crippen LogP contribution in [0.3, 0.4) is 0 Å². The highest BCUT2D eigenvalue weighted by Crippen LogP contribution is 2.26. The van der Waals surface area contributed by atoms with E-state index < -0.39 is 0 Å². The third-order valence-corrected chi connectivity index (χ3v) is 4.36. The number of tetrazole rings is 1. The van der Waals surface area contributed by atoms with Gasteiger partial charge in [-0.15, -0.1) is 5.10 Å². The summed E-state index contributed by atoms with van der Waals surface area (Å²) in [6.45, 7) is 2.76. The van der Waals surface area contributed by atoms with E-state index in [1.807, 2.05) is 49.6 Å². The molecule has 0 bridgehead atoms. The number of aromatic nitrogens is 5. The summed E-state index contributed by atoms with van der Waals surface area (Å²) in [6, 6.07) is 13.9. The summed E-state index contributed by atoms with van der Waals surface area (Å²) < 4.78 is 2.10. The minimum Gasteiger partial charge on any atom is -0.372 e. The number of benzene rings is 1. The van der Waals surface area contributed by atoms with E-state index in [2.05, 4.69) is 42.6 Å². The molecule has 4 rings (SSSR count). The molecule has 0 unspecified atom stereocenters. The molecule has 0 aliphatic carbocycles. The van der Waals surface area contributed by atoms with Crippen LogP contribution in [-0.4, -0.2) is 38.6 Å². The average molecular weight is 336 g/mol. The number of anilines is 2. The van der Waals surface area contributed by atoms with Crippen molar-refractivity contribution >= 4 is 17.5 Å². The van der Waals surface area contributed by atoms with Gasteiger partial charge in [0.15, 0.2) is 18.9 Å². The van der Waals surface area contributed by atoms with Gasteiger partial charge in [0.2, 0.25) is 0 Å². The highest BCUT2D eigenvalue weighted by molar-refractivity contribution is 6.05. The smallest absolute Gasteiger partial charge is 0.272 e. The lowest BCUT2D eigenvalue weighted by molar-refractivity contribution is -0.688. The molecular weight excluding hydrogens is 318 g/mol. The number of carbonyl (C=O) groups is 1. The van der Waals surface area contributed by atoms with Gasteiger partial charge in [-0.1, -0.05) is 35.4 Å². The molecule has 3 heterocycles. The van der Waals surface area contributed by atoms with Gasteiger partial charge in [0.05, 0.1) is 6.04 Å². The predicted molar refractivity (Wildman–Crippen MR) is 90.7 cm³/mol. The summed E-state index contributed by atoms with van der Waals surface area (Å²) >= 11 is 0. The van der Waals surface area contributed by atoms with Gasteiger partial charge in [-0.05, 0) is 12.1 Å². The Balaban J connectivity index is 1.40. The zero-order chi connectivity index (χ0) is 17.2. The Hall–Kier alpha value is -3.29. The molecule has 1 saturated heterocycles. The molecule has 126 valence electrons. The van der Waals surface area contributed by atoms with Crippen LogP contribution in [0.1, 0.15) is 12.5 Å². The Morgan fingerprint density at radius 2 is 1.96 bits per heavy atom. The van der Waals surface area contributed by atoms with Crippen molar-refractivity contribution in [2.24, 2.45) is 0 Å². The fraction of sp³-hybridized carbons (Fsp3) is 0.235. The van der Waals surface area contributed by atoms with Gasteiger partial charge in [0, 0.05) is 23.4 Å². The Bertz CT molecular complexity index is 848. The molecule has 3 aromatic rings. The number of carbonyl (C=O) groups excluding carboxylic acids is 1. The molecule has 2 aromatic heterocycles. The van der Waals surface area contributed by atoms with E-state index in [1.165, 1.54) is 10.5 Å². The second-order valence-corrected chi connectivity index (χ2v) is 6.03. The Labute approximate surface area is 144 Å². The Kier molecular flexibility index (Phi) is 3.85. The van der Waals surface area contributed by atoms with Crippen molar-refractivity contribution < 1.29 is 9.36 Å². The van der Waals surface area contributed by atoms with Crippen molar-refractivity contribution in [2.45, 2.75) is 25.6 Å². The van der Waals surface area contributed by atoms with Crippen molar-refractivity contribution in [1.82, 2.24) is 20.6 Å². The van der Waals surface area contributed by atoms with Crippen LogP contribution in [-0.2, 0) is 11.3 Å². The minimum atomic E-state index is -0.288. The molecule has 1 aliphatic rings. The van der Waals surface area contributed by atoms with Crippen LogP contribution in [0.25, 0.3) is 0 Å². The molecule has 0 spiro atoms. The number of rotatable bonds is 5. The largest absolute Gasteiger partial charge is 0.372 e. The summed E-state index contributed by atoms with van der Waals surface area (Å²) in [5.41, 5.74) is 2.15. The average Bonchev–Trinajstić information content (AvgIpc) is 3.16. The minimum absolute atomic E-state index is 0.0400. The first kappa shape index (κ1) is 15.3. The maximum absolute atomic E-state index is 12.3. The Morgan fingerprint density at radius 3 is 2.60 bits per heavy atom. The zero-order valence-electron chi connectivity index (χ0n) is 13.7.